The molecule has 2 aliphatic rings. The van der Waals surface area contributed by atoms with E-state index in [-0.39, 0.29) is 11.8 Å². The van der Waals surface area contributed by atoms with Crippen LogP contribution in [0.2, 0.25) is 0 Å². The summed E-state index contributed by atoms with van der Waals surface area (Å²) in [6.07, 6.45) is 1.79. The third-order valence-electron chi connectivity index (χ3n) is 7.27. The predicted molar refractivity (Wildman–Crippen MR) is 142 cm³/mol. The summed E-state index contributed by atoms with van der Waals surface area (Å²) in [4.78, 5) is 24.5. The van der Waals surface area contributed by atoms with Gasteiger partial charge in [0.2, 0.25) is 11.7 Å². The van der Waals surface area contributed by atoms with Crippen molar-refractivity contribution >= 4 is 11.9 Å². The van der Waals surface area contributed by atoms with Crippen LogP contribution in [0.3, 0.4) is 0 Å². The molecule has 1 atom stereocenters. The Morgan fingerprint density at radius 3 is 2.54 bits per heavy atom. The number of rotatable bonds is 9. The van der Waals surface area contributed by atoms with E-state index in [0.29, 0.717) is 24.9 Å². The number of methoxy groups -OCH3 is 1. The number of aromatic nitrogens is 2. The molecule has 0 spiro atoms. The number of nitrogens with one attached hydrogen (secondary N) is 1. The molecule has 3 heterocycles. The number of nitrogens with zero attached hydrogens (tertiary/aromatic N) is 5. The summed E-state index contributed by atoms with van der Waals surface area (Å²) < 4.78 is 10.8. The molecular formula is C28H36N6O3. The average molecular weight is 505 g/mol. The molecule has 196 valence electrons. The number of carbonyl (C=O) groups excluding carboxylic acids is 1. The number of amides is 1. The Labute approximate surface area is 218 Å². The number of hydrogen-bond donors (Lipinski definition) is 1. The molecule has 2 aromatic carbocycles. The molecule has 5 rings (SSSR count). The van der Waals surface area contributed by atoms with Crippen molar-refractivity contribution < 1.29 is 14.1 Å². The Morgan fingerprint density at radius 2 is 1.78 bits per heavy atom. The van der Waals surface area contributed by atoms with E-state index in [1.807, 2.05) is 29.2 Å². The number of ether oxygens (including phenoxy) is 1. The summed E-state index contributed by atoms with van der Waals surface area (Å²) in [6.45, 7) is 8.15. The van der Waals surface area contributed by atoms with Gasteiger partial charge in [0.25, 0.3) is 0 Å². The van der Waals surface area contributed by atoms with Crippen molar-refractivity contribution in [2.45, 2.75) is 19.4 Å². The molecule has 0 saturated carbocycles. The van der Waals surface area contributed by atoms with Crippen LogP contribution in [0.15, 0.2) is 59.1 Å². The molecule has 1 amide bonds. The third kappa shape index (κ3) is 6.67. The van der Waals surface area contributed by atoms with Gasteiger partial charge in [-0.2, -0.15) is 4.98 Å². The van der Waals surface area contributed by atoms with Crippen molar-refractivity contribution in [1.82, 2.24) is 25.3 Å². The molecule has 1 aromatic heterocycles. The van der Waals surface area contributed by atoms with Gasteiger partial charge in [0.1, 0.15) is 5.75 Å². The van der Waals surface area contributed by atoms with E-state index in [1.54, 1.807) is 7.11 Å². The first kappa shape index (κ1) is 25.2. The van der Waals surface area contributed by atoms with Gasteiger partial charge in [-0.1, -0.05) is 35.5 Å². The highest BCUT2D eigenvalue weighted by Crippen LogP contribution is 2.26. The molecular weight excluding hydrogens is 468 g/mol. The van der Waals surface area contributed by atoms with Crippen LogP contribution in [0, 0.1) is 5.92 Å². The van der Waals surface area contributed by atoms with E-state index in [2.05, 4.69) is 55.6 Å². The number of piperazine rings is 1. The Kier molecular flexibility index (Phi) is 8.32. The van der Waals surface area contributed by atoms with Crippen LogP contribution in [-0.2, 0) is 11.3 Å². The number of benzene rings is 2. The average Bonchev–Trinajstić information content (AvgIpc) is 3.45. The Bertz CT molecular complexity index is 1130. The minimum Gasteiger partial charge on any atom is -0.497 e. The normalized spacial score (nSPS) is 19.1. The molecule has 9 heteroatoms. The van der Waals surface area contributed by atoms with Gasteiger partial charge in [-0.3, -0.25) is 14.6 Å². The van der Waals surface area contributed by atoms with Crippen LogP contribution in [0.4, 0.5) is 6.01 Å². The van der Waals surface area contributed by atoms with Gasteiger partial charge >= 0.3 is 6.01 Å². The highest BCUT2D eigenvalue weighted by Gasteiger charge is 2.29. The first-order chi connectivity index (χ1) is 18.2. The van der Waals surface area contributed by atoms with Crippen LogP contribution < -0.4 is 15.0 Å². The van der Waals surface area contributed by atoms with Crippen LogP contribution in [0.5, 0.6) is 5.75 Å². The maximum Gasteiger partial charge on any atom is 0.324 e. The molecule has 37 heavy (non-hydrogen) atoms. The topological polar surface area (TPSA) is 87.0 Å². The third-order valence-corrected chi connectivity index (χ3v) is 7.27. The van der Waals surface area contributed by atoms with Crippen LogP contribution >= 0.6 is 0 Å². The lowest BCUT2D eigenvalue weighted by atomic mass is 9.97. The zero-order chi connectivity index (χ0) is 25.5. The van der Waals surface area contributed by atoms with Crippen molar-refractivity contribution in [3.63, 3.8) is 0 Å². The van der Waals surface area contributed by atoms with Gasteiger partial charge in [-0.05, 0) is 42.7 Å². The molecule has 0 bridgehead atoms. The number of hydrogen-bond acceptors (Lipinski definition) is 8. The lowest BCUT2D eigenvalue weighted by Gasteiger charge is -2.35. The van der Waals surface area contributed by atoms with Gasteiger partial charge in [-0.25, -0.2) is 0 Å². The van der Waals surface area contributed by atoms with E-state index in [4.69, 9.17) is 9.26 Å². The number of piperidine rings is 1. The zero-order valence-corrected chi connectivity index (χ0v) is 21.5. The highest BCUT2D eigenvalue weighted by atomic mass is 16.5. The van der Waals surface area contributed by atoms with E-state index in [9.17, 15) is 4.79 Å². The number of anilines is 1. The molecule has 1 N–H and O–H groups in total. The second kappa shape index (κ2) is 12.2. The lowest BCUT2D eigenvalue weighted by molar-refractivity contribution is -0.125. The summed E-state index contributed by atoms with van der Waals surface area (Å²) in [5.41, 5.74) is 2.23. The maximum absolute atomic E-state index is 12.9. The van der Waals surface area contributed by atoms with Crippen molar-refractivity contribution in [2.24, 2.45) is 5.92 Å². The fraction of sp³-hybridized carbons (Fsp3) is 0.464. The fourth-order valence-electron chi connectivity index (χ4n) is 5.06. The summed E-state index contributed by atoms with van der Waals surface area (Å²) in [6, 6.07) is 18.7. The smallest absolute Gasteiger partial charge is 0.324 e. The van der Waals surface area contributed by atoms with E-state index >= 15 is 0 Å². The van der Waals surface area contributed by atoms with Crippen molar-refractivity contribution in [1.29, 1.82) is 0 Å². The monoisotopic (exact) mass is 504 g/mol. The summed E-state index contributed by atoms with van der Waals surface area (Å²) in [5, 5.41) is 7.30. The standard InChI is InChI=1S/C28H36N6O3/c1-36-25-11-9-23(10-12-25)26-30-28(37-31-26)34-14-5-8-24(21-34)27(35)29-13-15-32-16-18-33(19-17-32)20-22-6-3-2-4-7-22/h2-4,6-7,9-12,24H,5,8,13-21H2,1H3,(H,29,35)/t24-/m1/s1. The molecule has 2 aliphatic heterocycles. The van der Waals surface area contributed by atoms with Crippen molar-refractivity contribution in [2.75, 3.05) is 64.4 Å². The number of carbonyl (C=O) groups is 1. The Balaban J connectivity index is 1.04. The van der Waals surface area contributed by atoms with Crippen LogP contribution in [-0.4, -0.2) is 85.3 Å². The molecule has 0 unspecified atom stereocenters. The maximum atomic E-state index is 12.9. The van der Waals surface area contributed by atoms with Gasteiger partial charge in [-0.15, -0.1) is 0 Å². The molecule has 2 fully saturated rings. The summed E-state index contributed by atoms with van der Waals surface area (Å²) >= 11 is 0. The minimum absolute atomic E-state index is 0.0761. The highest BCUT2D eigenvalue weighted by molar-refractivity contribution is 5.79. The summed E-state index contributed by atoms with van der Waals surface area (Å²) in [5.74, 6) is 1.35. The zero-order valence-electron chi connectivity index (χ0n) is 21.5. The Hall–Kier alpha value is -3.43. The van der Waals surface area contributed by atoms with Gasteiger partial charge in [0, 0.05) is 64.5 Å². The second-order valence-electron chi connectivity index (χ2n) is 9.81. The molecule has 9 nitrogen and oxygen atoms in total. The fourth-order valence-corrected chi connectivity index (χ4v) is 5.06. The van der Waals surface area contributed by atoms with E-state index in [1.165, 1.54) is 5.56 Å². The minimum atomic E-state index is -0.0761. The molecule has 3 aromatic rings. The SMILES string of the molecule is COc1ccc(-c2noc(N3CCC[C@@H](C(=O)NCCN4CCN(Cc5ccccc5)CC4)C3)n2)cc1. The molecule has 0 radical (unpaired) electrons. The van der Waals surface area contributed by atoms with Gasteiger partial charge < -0.3 is 19.5 Å². The predicted octanol–water partition coefficient (Wildman–Crippen LogP) is 2.90. The van der Waals surface area contributed by atoms with E-state index < -0.39 is 0 Å². The molecule has 2 saturated heterocycles. The van der Waals surface area contributed by atoms with Crippen LogP contribution in [0.1, 0.15) is 18.4 Å². The quantitative estimate of drug-likeness (QED) is 0.476. The van der Waals surface area contributed by atoms with Gasteiger partial charge in [0.05, 0.1) is 13.0 Å². The van der Waals surface area contributed by atoms with Gasteiger partial charge in [0.15, 0.2) is 0 Å². The van der Waals surface area contributed by atoms with Crippen molar-refractivity contribution in [3.05, 3.63) is 60.2 Å². The van der Waals surface area contributed by atoms with Crippen LogP contribution in [0.25, 0.3) is 11.4 Å². The second-order valence-corrected chi connectivity index (χ2v) is 9.81. The largest absolute Gasteiger partial charge is 0.497 e. The Morgan fingerprint density at radius 1 is 1.03 bits per heavy atom. The lowest BCUT2D eigenvalue weighted by Crippen LogP contribution is -2.49. The van der Waals surface area contributed by atoms with E-state index in [0.717, 1.165) is 70.0 Å². The molecule has 0 aliphatic carbocycles. The van der Waals surface area contributed by atoms with Crippen molar-refractivity contribution in [3.8, 4) is 17.1 Å². The first-order valence-electron chi connectivity index (χ1n) is 13.2. The first-order valence-corrected chi connectivity index (χ1v) is 13.2. The summed E-state index contributed by atoms with van der Waals surface area (Å²) in [7, 11) is 1.64.